The van der Waals surface area contributed by atoms with Gasteiger partial charge in [0.1, 0.15) is 6.26 Å². The van der Waals surface area contributed by atoms with Crippen LogP contribution in [0.5, 0.6) is 0 Å². The Morgan fingerprint density at radius 1 is 1.36 bits per heavy atom. The average Bonchev–Trinajstić information content (AvgIpc) is 3.29. The lowest BCUT2D eigenvalue weighted by molar-refractivity contribution is 0.0946. The van der Waals surface area contributed by atoms with Crippen LogP contribution in [0.2, 0.25) is 0 Å². The summed E-state index contributed by atoms with van der Waals surface area (Å²) in [5, 5.41) is 12.0. The molecule has 1 aliphatic rings. The van der Waals surface area contributed by atoms with Crippen LogP contribution >= 0.6 is 0 Å². The lowest BCUT2D eigenvalue weighted by Crippen LogP contribution is -2.32. The number of nitriles is 1. The molecule has 3 amide bonds. The van der Waals surface area contributed by atoms with Gasteiger partial charge in [0, 0.05) is 32.7 Å². The number of likely N-dealkylation sites (N-methyl/N-ethyl adjacent to an activating group) is 1. The van der Waals surface area contributed by atoms with Crippen LogP contribution in [0.4, 0.5) is 10.8 Å². The first-order valence-electron chi connectivity index (χ1n) is 8.92. The highest BCUT2D eigenvalue weighted by atomic mass is 16.4. The molecule has 0 unspecified atom stereocenters. The average molecular weight is 382 g/mol. The van der Waals surface area contributed by atoms with Crippen LogP contribution < -0.4 is 10.2 Å². The maximum absolute atomic E-state index is 12.7. The Morgan fingerprint density at radius 3 is 2.89 bits per heavy atom. The van der Waals surface area contributed by atoms with Crippen LogP contribution in [0.25, 0.3) is 0 Å². The molecule has 146 valence electrons. The van der Waals surface area contributed by atoms with E-state index in [1.807, 2.05) is 31.1 Å². The monoisotopic (exact) mass is 382 g/mol. The van der Waals surface area contributed by atoms with Crippen molar-refractivity contribution in [2.75, 3.05) is 45.2 Å². The minimum Gasteiger partial charge on any atom is -0.431 e. The van der Waals surface area contributed by atoms with Crippen LogP contribution in [-0.2, 0) is 6.54 Å². The molecule has 3 rings (SSSR count). The Bertz CT molecular complexity index is 901. The van der Waals surface area contributed by atoms with Gasteiger partial charge in [-0.05, 0) is 25.7 Å². The summed E-state index contributed by atoms with van der Waals surface area (Å²) in [6, 6.07) is 9.14. The molecular formula is C19H22N6O3. The number of amides is 3. The number of hydrogen-bond donors (Lipinski definition) is 1. The van der Waals surface area contributed by atoms with Crippen molar-refractivity contribution < 1.29 is 14.0 Å². The van der Waals surface area contributed by atoms with E-state index in [2.05, 4.69) is 16.4 Å². The summed E-state index contributed by atoms with van der Waals surface area (Å²) >= 11 is 0. The van der Waals surface area contributed by atoms with Crippen molar-refractivity contribution >= 4 is 18.0 Å². The summed E-state index contributed by atoms with van der Waals surface area (Å²) in [7, 11) is 3.83. The third kappa shape index (κ3) is 4.29. The predicted molar refractivity (Wildman–Crippen MR) is 102 cm³/mol. The Kier molecular flexibility index (Phi) is 5.91. The Balaban J connectivity index is 1.63. The molecule has 1 aliphatic heterocycles. The van der Waals surface area contributed by atoms with E-state index in [0.29, 0.717) is 38.3 Å². The number of benzene rings is 1. The van der Waals surface area contributed by atoms with Crippen LogP contribution in [0.15, 0.2) is 34.9 Å². The van der Waals surface area contributed by atoms with Gasteiger partial charge in [0.2, 0.25) is 0 Å². The number of urea groups is 1. The first-order chi connectivity index (χ1) is 13.5. The highest BCUT2D eigenvalue weighted by Gasteiger charge is 2.33. The quantitative estimate of drug-likeness (QED) is 0.773. The van der Waals surface area contributed by atoms with Gasteiger partial charge in [-0.25, -0.2) is 9.69 Å². The van der Waals surface area contributed by atoms with Crippen molar-refractivity contribution in [3.05, 3.63) is 47.3 Å². The number of rotatable bonds is 7. The number of anilines is 1. The van der Waals surface area contributed by atoms with E-state index in [1.165, 1.54) is 11.2 Å². The molecule has 1 fully saturated rings. The summed E-state index contributed by atoms with van der Waals surface area (Å²) in [5.74, 6) is -0.344. The second-order valence-corrected chi connectivity index (χ2v) is 6.70. The van der Waals surface area contributed by atoms with E-state index >= 15 is 0 Å². The van der Waals surface area contributed by atoms with Crippen molar-refractivity contribution in [2.24, 2.45) is 0 Å². The zero-order valence-electron chi connectivity index (χ0n) is 15.9. The number of carbonyl (C=O) groups is 2. The summed E-state index contributed by atoms with van der Waals surface area (Å²) < 4.78 is 5.35. The second-order valence-electron chi connectivity index (χ2n) is 6.70. The summed E-state index contributed by atoms with van der Waals surface area (Å²) in [6.45, 7) is 2.40. The number of hydrogen-bond acceptors (Lipinski definition) is 6. The van der Waals surface area contributed by atoms with Crippen LogP contribution in [0.1, 0.15) is 21.6 Å². The summed E-state index contributed by atoms with van der Waals surface area (Å²) in [6.07, 6.45) is 1.25. The minimum atomic E-state index is -0.344. The molecule has 1 saturated heterocycles. The zero-order valence-corrected chi connectivity index (χ0v) is 15.9. The number of aromatic nitrogens is 1. The van der Waals surface area contributed by atoms with Gasteiger partial charge < -0.3 is 19.5 Å². The lowest BCUT2D eigenvalue weighted by atomic mass is 10.1. The molecule has 2 aromatic rings. The third-order valence-corrected chi connectivity index (χ3v) is 4.39. The molecule has 28 heavy (non-hydrogen) atoms. The Hall–Kier alpha value is -3.38. The molecular weight excluding hydrogens is 360 g/mol. The van der Waals surface area contributed by atoms with E-state index in [9.17, 15) is 14.9 Å². The molecule has 9 nitrogen and oxygen atoms in total. The molecule has 0 spiro atoms. The first-order valence-corrected chi connectivity index (χ1v) is 8.92. The van der Waals surface area contributed by atoms with E-state index in [-0.39, 0.29) is 23.6 Å². The maximum atomic E-state index is 12.7. The fraction of sp³-hybridized carbons (Fsp3) is 0.368. The fourth-order valence-electron chi connectivity index (χ4n) is 2.86. The molecule has 0 aliphatic carbocycles. The van der Waals surface area contributed by atoms with Crippen molar-refractivity contribution in [1.29, 1.82) is 5.26 Å². The molecule has 9 heteroatoms. The van der Waals surface area contributed by atoms with Crippen LogP contribution in [-0.4, -0.2) is 67.0 Å². The van der Waals surface area contributed by atoms with Crippen molar-refractivity contribution in [2.45, 2.75) is 6.54 Å². The largest absolute Gasteiger partial charge is 0.431 e. The number of carbonyl (C=O) groups excluding carboxylic acids is 2. The fourth-order valence-corrected chi connectivity index (χ4v) is 2.86. The molecule has 1 aromatic heterocycles. The Labute approximate surface area is 163 Å². The number of oxazole rings is 1. The number of nitrogens with zero attached hydrogens (tertiary/aromatic N) is 5. The SMILES string of the molecule is CN(C)CCNC(=O)c1coc(N2CCN(Cc3ccccc3C#N)C2=O)n1. The molecule has 0 radical (unpaired) electrons. The topological polar surface area (TPSA) is 106 Å². The highest BCUT2D eigenvalue weighted by molar-refractivity contribution is 5.94. The van der Waals surface area contributed by atoms with Gasteiger partial charge >= 0.3 is 12.0 Å². The van der Waals surface area contributed by atoms with Gasteiger partial charge in [-0.2, -0.15) is 10.2 Å². The van der Waals surface area contributed by atoms with E-state index in [0.717, 1.165) is 5.56 Å². The molecule has 1 aromatic carbocycles. The first kappa shape index (κ1) is 19.4. The van der Waals surface area contributed by atoms with Gasteiger partial charge in [0.25, 0.3) is 5.91 Å². The molecule has 0 bridgehead atoms. The van der Waals surface area contributed by atoms with Crippen LogP contribution in [0, 0.1) is 11.3 Å². The van der Waals surface area contributed by atoms with Crippen molar-refractivity contribution in [3.8, 4) is 6.07 Å². The van der Waals surface area contributed by atoms with Crippen molar-refractivity contribution in [3.63, 3.8) is 0 Å². The summed E-state index contributed by atoms with van der Waals surface area (Å²) in [4.78, 5) is 33.9. The van der Waals surface area contributed by atoms with Crippen LogP contribution in [0.3, 0.4) is 0 Å². The molecule has 0 saturated carbocycles. The van der Waals surface area contributed by atoms with Gasteiger partial charge in [-0.3, -0.25) is 4.79 Å². The normalized spacial score (nSPS) is 13.9. The second kappa shape index (κ2) is 8.54. The third-order valence-electron chi connectivity index (χ3n) is 4.39. The minimum absolute atomic E-state index is 0.0961. The molecule has 2 heterocycles. The zero-order chi connectivity index (χ0) is 20.1. The van der Waals surface area contributed by atoms with Gasteiger partial charge in [0.15, 0.2) is 5.69 Å². The number of nitrogens with one attached hydrogen (secondary N) is 1. The Morgan fingerprint density at radius 2 is 2.14 bits per heavy atom. The van der Waals surface area contributed by atoms with Gasteiger partial charge in [0.05, 0.1) is 11.6 Å². The lowest BCUT2D eigenvalue weighted by Gasteiger charge is -2.17. The van der Waals surface area contributed by atoms with Gasteiger partial charge in [-0.1, -0.05) is 18.2 Å². The van der Waals surface area contributed by atoms with E-state index < -0.39 is 0 Å². The summed E-state index contributed by atoms with van der Waals surface area (Å²) in [5.41, 5.74) is 1.46. The van der Waals surface area contributed by atoms with Crippen molar-refractivity contribution in [1.82, 2.24) is 20.1 Å². The smallest absolute Gasteiger partial charge is 0.328 e. The predicted octanol–water partition coefficient (Wildman–Crippen LogP) is 1.28. The highest BCUT2D eigenvalue weighted by Crippen LogP contribution is 2.22. The van der Waals surface area contributed by atoms with Gasteiger partial charge in [-0.15, -0.1) is 0 Å². The molecule has 0 atom stereocenters. The maximum Gasteiger partial charge on any atom is 0.328 e. The van der Waals surface area contributed by atoms with E-state index in [1.54, 1.807) is 17.0 Å². The standard InChI is InChI=1S/C19H22N6O3/c1-23(2)8-7-21-17(26)16-13-28-18(22-16)25-10-9-24(19(25)27)12-15-6-4-3-5-14(15)11-20/h3-6,13H,7-10,12H2,1-2H3,(H,21,26). The molecule has 1 N–H and O–H groups in total. The van der Waals surface area contributed by atoms with E-state index in [4.69, 9.17) is 4.42 Å².